The lowest BCUT2D eigenvalue weighted by Gasteiger charge is -2.64. The molecular weight excluding hydrogens is 652 g/mol. The molecule has 2 saturated heterocycles. The summed E-state index contributed by atoms with van der Waals surface area (Å²) in [5.74, 6) is 2.69. The minimum absolute atomic E-state index is 0.00186. The Balaban J connectivity index is 0.969. The van der Waals surface area contributed by atoms with Gasteiger partial charge in [-0.2, -0.15) is 0 Å². The van der Waals surface area contributed by atoms with Crippen molar-refractivity contribution in [2.24, 2.45) is 68.3 Å². The van der Waals surface area contributed by atoms with Crippen molar-refractivity contribution in [2.45, 2.75) is 182 Å². The Hall–Kier alpha value is -0.930. The molecule has 14 atom stereocenters. The van der Waals surface area contributed by atoms with Gasteiger partial charge in [-0.05, 0) is 121 Å². The molecule has 6 saturated carbocycles. The van der Waals surface area contributed by atoms with E-state index in [9.17, 15) is 9.90 Å². The summed E-state index contributed by atoms with van der Waals surface area (Å²) in [5.41, 5.74) is 6.04. The largest absolute Gasteiger partial charge is 0.443 e. The highest BCUT2D eigenvalue weighted by Gasteiger charge is 2.84. The molecule has 2 aliphatic heterocycles. The van der Waals surface area contributed by atoms with Gasteiger partial charge in [0.25, 0.3) is 0 Å². The number of ether oxygens (including phenoxy) is 4. The fourth-order valence-electron chi connectivity index (χ4n) is 15.7. The fourth-order valence-corrected chi connectivity index (χ4v) is 15.7. The van der Waals surface area contributed by atoms with Gasteiger partial charge in [-0.25, -0.2) is 4.79 Å². The molecule has 52 heavy (non-hydrogen) atoms. The number of rotatable bonds is 7. The highest BCUT2D eigenvalue weighted by atomic mass is 16.7. The topological polar surface area (TPSA) is 103 Å². The smallest absolute Gasteiger partial charge is 0.404 e. The maximum absolute atomic E-state index is 12.6. The van der Waals surface area contributed by atoms with Crippen LogP contribution in [0.3, 0.4) is 0 Å². The van der Waals surface area contributed by atoms with Gasteiger partial charge in [0, 0.05) is 25.0 Å². The molecule has 0 aromatic heterocycles. The SMILES string of the molecule is CC(C)C(OC(N)=O)C1CC(C)C2C(O1)C(O)C1(C)C3CCC4C(C)(C)C(OC5CN(CC6CCCCCCC6)CCO5)CCC45CC35CCC21C. The number of aliphatic hydroxyl groups is 1. The maximum atomic E-state index is 12.6. The molecular formula is C44H74N2O6. The summed E-state index contributed by atoms with van der Waals surface area (Å²) in [5, 5.41) is 12.6. The Kier molecular flexibility index (Phi) is 9.95. The molecule has 6 aliphatic carbocycles. The summed E-state index contributed by atoms with van der Waals surface area (Å²) in [4.78, 5) is 14.5. The number of amides is 1. The van der Waals surface area contributed by atoms with Gasteiger partial charge in [-0.1, -0.05) is 80.6 Å². The Labute approximate surface area is 315 Å². The van der Waals surface area contributed by atoms with Crippen LogP contribution in [-0.2, 0) is 18.9 Å². The number of hydrogen-bond acceptors (Lipinski definition) is 7. The summed E-state index contributed by atoms with van der Waals surface area (Å²) < 4.78 is 26.0. The van der Waals surface area contributed by atoms with Crippen LogP contribution in [0, 0.1) is 62.6 Å². The molecule has 1 amide bonds. The summed E-state index contributed by atoms with van der Waals surface area (Å²) in [6, 6.07) is 0. The van der Waals surface area contributed by atoms with E-state index in [1.165, 1.54) is 83.6 Å². The zero-order valence-corrected chi connectivity index (χ0v) is 33.9. The molecule has 2 heterocycles. The molecule has 8 nitrogen and oxygen atoms in total. The summed E-state index contributed by atoms with van der Waals surface area (Å²) in [6.45, 7) is 20.4. The number of nitrogens with zero attached hydrogens (tertiary/aromatic N) is 1. The van der Waals surface area contributed by atoms with Crippen molar-refractivity contribution in [2.75, 3.05) is 26.2 Å². The Morgan fingerprint density at radius 3 is 2.35 bits per heavy atom. The molecule has 8 heteroatoms. The predicted octanol–water partition coefficient (Wildman–Crippen LogP) is 8.32. The fraction of sp³-hybridized carbons (Fsp3) is 0.977. The van der Waals surface area contributed by atoms with E-state index in [0.717, 1.165) is 44.9 Å². The second-order valence-corrected chi connectivity index (χ2v) is 21.1. The monoisotopic (exact) mass is 727 g/mol. The van der Waals surface area contributed by atoms with Crippen LogP contribution in [0.5, 0.6) is 0 Å². The van der Waals surface area contributed by atoms with Crippen molar-refractivity contribution in [3.05, 3.63) is 0 Å². The van der Waals surface area contributed by atoms with Crippen LogP contribution in [0.15, 0.2) is 0 Å². The third kappa shape index (κ3) is 5.70. The quantitative estimate of drug-likeness (QED) is 0.272. The van der Waals surface area contributed by atoms with E-state index in [2.05, 4.69) is 53.4 Å². The Bertz CT molecular complexity index is 1320. The number of nitrogens with two attached hydrogens (primary N) is 1. The van der Waals surface area contributed by atoms with E-state index >= 15 is 0 Å². The Morgan fingerprint density at radius 2 is 1.63 bits per heavy atom. The zero-order valence-electron chi connectivity index (χ0n) is 33.9. The normalized spacial score (nSPS) is 49.7. The average molecular weight is 727 g/mol. The summed E-state index contributed by atoms with van der Waals surface area (Å²) in [7, 11) is 0. The number of aliphatic hydroxyl groups excluding tert-OH is 1. The molecule has 3 N–H and O–H groups in total. The van der Waals surface area contributed by atoms with Gasteiger partial charge in [0.1, 0.15) is 6.10 Å². The van der Waals surface area contributed by atoms with Crippen LogP contribution < -0.4 is 5.73 Å². The van der Waals surface area contributed by atoms with Crippen LogP contribution in [-0.4, -0.2) is 79.2 Å². The summed E-state index contributed by atoms with van der Waals surface area (Å²) >= 11 is 0. The van der Waals surface area contributed by atoms with E-state index in [1.807, 2.05) is 0 Å². The van der Waals surface area contributed by atoms with E-state index in [-0.39, 0.29) is 52.7 Å². The first kappa shape index (κ1) is 38.0. The second kappa shape index (κ2) is 13.6. The lowest BCUT2D eigenvalue weighted by atomic mass is 9.41. The highest BCUT2D eigenvalue weighted by molar-refractivity contribution is 5.64. The van der Waals surface area contributed by atoms with Crippen molar-refractivity contribution in [3.63, 3.8) is 0 Å². The standard InChI is InChI=1S/C44H74N2O6/c1-27(2)36(52-39(45)48)30-23-28(3)35-37(50-30)38(47)42(7)32-16-15-31-40(4,5)33(17-18-43(31)26-44(32,43)20-19-41(35,42)6)51-34-25-46(21-22-49-34)24-29-13-11-9-8-10-12-14-29/h27-38,47H,8-26H2,1-7H3,(H2,45,48). The molecule has 2 spiro atoms. The molecule has 8 aliphatic rings. The molecule has 296 valence electrons. The van der Waals surface area contributed by atoms with Crippen molar-refractivity contribution < 1.29 is 28.8 Å². The van der Waals surface area contributed by atoms with Crippen LogP contribution in [0.2, 0.25) is 0 Å². The zero-order chi connectivity index (χ0) is 36.8. The molecule has 0 radical (unpaired) electrons. The Morgan fingerprint density at radius 1 is 0.942 bits per heavy atom. The number of primary amides is 1. The van der Waals surface area contributed by atoms with Crippen molar-refractivity contribution >= 4 is 6.09 Å². The van der Waals surface area contributed by atoms with E-state index in [4.69, 9.17) is 24.7 Å². The molecule has 8 rings (SSSR count). The number of fused-ring (bicyclic) bond motifs is 4. The van der Waals surface area contributed by atoms with Crippen LogP contribution >= 0.6 is 0 Å². The molecule has 0 aromatic carbocycles. The summed E-state index contributed by atoms with van der Waals surface area (Å²) in [6.07, 6.45) is 17.1. The van der Waals surface area contributed by atoms with Crippen LogP contribution in [0.1, 0.15) is 145 Å². The van der Waals surface area contributed by atoms with Crippen molar-refractivity contribution in [1.82, 2.24) is 4.90 Å². The molecule has 8 fully saturated rings. The maximum Gasteiger partial charge on any atom is 0.404 e. The number of morpholine rings is 1. The van der Waals surface area contributed by atoms with Gasteiger partial charge < -0.3 is 29.8 Å². The first-order valence-electron chi connectivity index (χ1n) is 22.0. The average Bonchev–Trinajstić information content (AvgIpc) is 3.71. The third-order valence-electron chi connectivity index (χ3n) is 18.2. The van der Waals surface area contributed by atoms with Gasteiger partial charge >= 0.3 is 6.09 Å². The van der Waals surface area contributed by atoms with E-state index < -0.39 is 18.3 Å². The third-order valence-corrected chi connectivity index (χ3v) is 18.2. The van der Waals surface area contributed by atoms with Gasteiger partial charge in [-0.15, -0.1) is 0 Å². The van der Waals surface area contributed by atoms with E-state index in [1.54, 1.807) is 0 Å². The van der Waals surface area contributed by atoms with E-state index in [0.29, 0.717) is 28.6 Å². The van der Waals surface area contributed by atoms with Gasteiger partial charge in [0.2, 0.25) is 0 Å². The van der Waals surface area contributed by atoms with Crippen molar-refractivity contribution in [1.29, 1.82) is 0 Å². The second-order valence-electron chi connectivity index (χ2n) is 21.1. The molecule has 14 unspecified atom stereocenters. The van der Waals surface area contributed by atoms with Crippen molar-refractivity contribution in [3.8, 4) is 0 Å². The number of carbonyl (C=O) groups excluding carboxylic acids is 1. The van der Waals surface area contributed by atoms with Gasteiger partial charge in [0.15, 0.2) is 6.29 Å². The first-order chi connectivity index (χ1) is 24.7. The van der Waals surface area contributed by atoms with Crippen LogP contribution in [0.4, 0.5) is 4.79 Å². The van der Waals surface area contributed by atoms with Gasteiger partial charge in [0.05, 0.1) is 31.0 Å². The molecule has 0 aromatic rings. The minimum atomic E-state index is -0.744. The lowest BCUT2D eigenvalue weighted by molar-refractivity contribution is -0.249. The van der Waals surface area contributed by atoms with Crippen LogP contribution in [0.25, 0.3) is 0 Å². The minimum Gasteiger partial charge on any atom is -0.443 e. The predicted molar refractivity (Wildman–Crippen MR) is 202 cm³/mol. The lowest BCUT2D eigenvalue weighted by Crippen LogP contribution is -2.60. The highest BCUT2D eigenvalue weighted by Crippen LogP contribution is 2.89. The molecule has 0 bridgehead atoms. The van der Waals surface area contributed by atoms with Gasteiger partial charge in [-0.3, -0.25) is 4.90 Å². The first-order valence-corrected chi connectivity index (χ1v) is 22.0. The number of hydrogen-bond donors (Lipinski definition) is 2. The number of carbonyl (C=O) groups is 1.